The van der Waals surface area contributed by atoms with Gasteiger partial charge in [0.05, 0.1) is 6.20 Å². The fraction of sp³-hybridized carbons (Fsp3) is 0.143. The van der Waals surface area contributed by atoms with E-state index in [1.807, 2.05) is 47.0 Å². The second-order valence-corrected chi connectivity index (χ2v) is 8.82. The number of carbonyl (C=O) groups is 2. The lowest BCUT2D eigenvalue weighted by Gasteiger charge is -2.19. The molecule has 0 fully saturated rings. The van der Waals surface area contributed by atoms with Crippen LogP contribution in [0.4, 0.5) is 0 Å². The average Bonchev–Trinajstić information content (AvgIpc) is 3.58. The number of aliphatic carboxylic acids is 1. The summed E-state index contributed by atoms with van der Waals surface area (Å²) in [5.41, 5.74) is 6.22. The number of hydrogen-bond donors (Lipinski definition) is 2. The van der Waals surface area contributed by atoms with Crippen LogP contribution < -0.4 is 14.8 Å². The first-order valence-electron chi connectivity index (χ1n) is 12.0. The number of aromatic nitrogens is 4. The van der Waals surface area contributed by atoms with E-state index in [2.05, 4.69) is 34.5 Å². The van der Waals surface area contributed by atoms with Gasteiger partial charge < -0.3 is 19.9 Å². The highest BCUT2D eigenvalue weighted by Gasteiger charge is 2.16. The molecule has 3 aromatic heterocycles. The molecule has 0 bridgehead atoms. The summed E-state index contributed by atoms with van der Waals surface area (Å²) in [6.45, 7) is 2.73. The Balaban J connectivity index is 1.31. The van der Waals surface area contributed by atoms with Crippen LogP contribution in [0.25, 0.3) is 33.7 Å². The molecule has 1 amide bonds. The van der Waals surface area contributed by atoms with Crippen molar-refractivity contribution in [1.29, 1.82) is 0 Å². The second kappa shape index (κ2) is 9.40. The number of carbonyl (C=O) groups excluding carboxylic acids is 1. The number of rotatable bonds is 6. The summed E-state index contributed by atoms with van der Waals surface area (Å²) in [7, 11) is 0. The van der Waals surface area contributed by atoms with Crippen molar-refractivity contribution in [2.24, 2.45) is 0 Å². The third-order valence-electron chi connectivity index (χ3n) is 6.45. The summed E-state index contributed by atoms with van der Waals surface area (Å²) < 4.78 is 14.8. The van der Waals surface area contributed by atoms with Crippen molar-refractivity contribution in [1.82, 2.24) is 24.5 Å². The van der Waals surface area contributed by atoms with Crippen LogP contribution in [-0.4, -0.2) is 55.9 Å². The summed E-state index contributed by atoms with van der Waals surface area (Å²) in [5.74, 6) is 0.481. The Morgan fingerprint density at radius 2 is 1.74 bits per heavy atom. The molecule has 0 aliphatic carbocycles. The van der Waals surface area contributed by atoms with Gasteiger partial charge in [0.25, 0.3) is 5.91 Å². The Morgan fingerprint density at radius 3 is 2.53 bits per heavy atom. The van der Waals surface area contributed by atoms with E-state index in [-0.39, 0.29) is 5.69 Å². The zero-order chi connectivity index (χ0) is 26.2. The predicted molar refractivity (Wildman–Crippen MR) is 139 cm³/mol. The molecule has 2 N–H and O–H groups in total. The fourth-order valence-electron chi connectivity index (χ4n) is 4.60. The van der Waals surface area contributed by atoms with E-state index in [9.17, 15) is 9.59 Å². The number of pyridine rings is 1. The number of carboxylic acid groups (broad SMARTS) is 1. The van der Waals surface area contributed by atoms with Gasteiger partial charge in [0.15, 0.2) is 23.0 Å². The molecule has 0 atom stereocenters. The van der Waals surface area contributed by atoms with Gasteiger partial charge in [-0.3, -0.25) is 14.0 Å². The SMILES string of the molecule is Cc1c(-c2ccc3c(c2)OCCO3)cccc1-c1ccn2c(-n3ccc(C(=O)NCC(=O)O)n3)cnc2c1. The molecule has 1 aliphatic rings. The smallest absolute Gasteiger partial charge is 0.322 e. The van der Waals surface area contributed by atoms with E-state index in [4.69, 9.17) is 14.6 Å². The first-order valence-corrected chi connectivity index (χ1v) is 12.0. The van der Waals surface area contributed by atoms with Gasteiger partial charge in [-0.05, 0) is 65.1 Å². The number of hydrogen-bond acceptors (Lipinski definition) is 6. The standard InChI is InChI=1S/C28H23N5O5/c1-17-20(18-5-6-23-24(13-18)38-12-11-37-23)3-2-4-21(17)19-7-9-32-25(14-19)29-15-26(32)33-10-8-22(31-33)28(36)30-16-27(34)35/h2-10,13-15H,11-12,16H2,1H3,(H,30,36)(H,34,35). The van der Waals surface area contributed by atoms with Gasteiger partial charge in [0, 0.05) is 12.4 Å². The summed E-state index contributed by atoms with van der Waals surface area (Å²) in [4.78, 5) is 27.4. The largest absolute Gasteiger partial charge is 0.486 e. The highest BCUT2D eigenvalue weighted by molar-refractivity contribution is 5.94. The summed E-state index contributed by atoms with van der Waals surface area (Å²) >= 11 is 0. The van der Waals surface area contributed by atoms with Crippen molar-refractivity contribution in [3.8, 4) is 39.6 Å². The van der Waals surface area contributed by atoms with Crippen LogP contribution in [0.5, 0.6) is 11.5 Å². The van der Waals surface area contributed by atoms with Crippen LogP contribution in [0.3, 0.4) is 0 Å². The van der Waals surface area contributed by atoms with E-state index in [1.165, 1.54) is 10.7 Å². The molecule has 2 aromatic carbocycles. The molecule has 10 heteroatoms. The maximum Gasteiger partial charge on any atom is 0.322 e. The zero-order valence-corrected chi connectivity index (χ0v) is 20.4. The fourth-order valence-corrected chi connectivity index (χ4v) is 4.60. The Morgan fingerprint density at radius 1 is 0.974 bits per heavy atom. The van der Waals surface area contributed by atoms with Crippen LogP contribution >= 0.6 is 0 Å². The van der Waals surface area contributed by atoms with Crippen LogP contribution in [0, 0.1) is 6.92 Å². The number of nitrogens with one attached hydrogen (secondary N) is 1. The molecular formula is C28H23N5O5. The quantitative estimate of drug-likeness (QED) is 0.358. The summed E-state index contributed by atoms with van der Waals surface area (Å²) in [6.07, 6.45) is 5.21. The van der Waals surface area contributed by atoms with Gasteiger partial charge in [0.2, 0.25) is 0 Å². The third-order valence-corrected chi connectivity index (χ3v) is 6.45. The Bertz CT molecular complexity index is 1700. The van der Waals surface area contributed by atoms with Crippen molar-refractivity contribution < 1.29 is 24.2 Å². The van der Waals surface area contributed by atoms with Crippen molar-refractivity contribution >= 4 is 17.5 Å². The number of carboxylic acids is 1. The van der Waals surface area contributed by atoms with E-state index in [0.29, 0.717) is 24.7 Å². The maximum atomic E-state index is 12.1. The molecule has 190 valence electrons. The van der Waals surface area contributed by atoms with Crippen LogP contribution in [-0.2, 0) is 4.79 Å². The predicted octanol–water partition coefficient (Wildman–Crippen LogP) is 3.75. The van der Waals surface area contributed by atoms with E-state index >= 15 is 0 Å². The monoisotopic (exact) mass is 509 g/mol. The van der Waals surface area contributed by atoms with Crippen LogP contribution in [0.1, 0.15) is 16.1 Å². The lowest BCUT2D eigenvalue weighted by Crippen LogP contribution is -2.29. The number of benzene rings is 2. The van der Waals surface area contributed by atoms with Crippen molar-refractivity contribution in [3.63, 3.8) is 0 Å². The van der Waals surface area contributed by atoms with Gasteiger partial charge in [-0.2, -0.15) is 5.10 Å². The molecule has 5 aromatic rings. The molecule has 0 spiro atoms. The molecule has 10 nitrogen and oxygen atoms in total. The van der Waals surface area contributed by atoms with Gasteiger partial charge in [0.1, 0.15) is 25.4 Å². The number of fused-ring (bicyclic) bond motifs is 2. The molecule has 6 rings (SSSR count). The number of amides is 1. The van der Waals surface area contributed by atoms with Gasteiger partial charge >= 0.3 is 5.97 Å². The minimum Gasteiger partial charge on any atom is -0.486 e. The van der Waals surface area contributed by atoms with Crippen molar-refractivity contribution in [2.75, 3.05) is 19.8 Å². The second-order valence-electron chi connectivity index (χ2n) is 8.82. The minimum absolute atomic E-state index is 0.115. The molecule has 38 heavy (non-hydrogen) atoms. The molecule has 0 unspecified atom stereocenters. The first-order chi connectivity index (χ1) is 18.5. The Labute approximate surface area is 217 Å². The van der Waals surface area contributed by atoms with Crippen molar-refractivity contribution in [2.45, 2.75) is 6.92 Å². The van der Waals surface area contributed by atoms with Crippen LogP contribution in [0.15, 0.2) is 73.2 Å². The molecule has 0 saturated carbocycles. The van der Waals surface area contributed by atoms with Crippen LogP contribution in [0.2, 0.25) is 0 Å². The summed E-state index contributed by atoms with van der Waals surface area (Å²) in [5, 5.41) is 15.3. The highest BCUT2D eigenvalue weighted by Crippen LogP contribution is 2.38. The van der Waals surface area contributed by atoms with Gasteiger partial charge in [-0.1, -0.05) is 24.3 Å². The topological polar surface area (TPSA) is 120 Å². The molecule has 0 radical (unpaired) electrons. The van der Waals surface area contributed by atoms with E-state index in [1.54, 1.807) is 12.4 Å². The lowest BCUT2D eigenvalue weighted by atomic mass is 9.93. The average molecular weight is 510 g/mol. The van der Waals surface area contributed by atoms with Crippen molar-refractivity contribution in [3.05, 3.63) is 84.4 Å². The molecular weight excluding hydrogens is 486 g/mol. The molecule has 4 heterocycles. The zero-order valence-electron chi connectivity index (χ0n) is 20.4. The Kier molecular flexibility index (Phi) is 5.76. The van der Waals surface area contributed by atoms with E-state index in [0.717, 1.165) is 39.3 Å². The maximum absolute atomic E-state index is 12.1. The lowest BCUT2D eigenvalue weighted by molar-refractivity contribution is -0.135. The van der Waals surface area contributed by atoms with Gasteiger partial charge in [-0.15, -0.1) is 0 Å². The Hall–Kier alpha value is -5.12. The minimum atomic E-state index is -1.12. The number of ether oxygens (including phenoxy) is 2. The number of imidazole rings is 1. The summed E-state index contributed by atoms with van der Waals surface area (Å²) in [6, 6.07) is 17.8. The normalized spacial score (nSPS) is 12.4. The highest BCUT2D eigenvalue weighted by atomic mass is 16.6. The first kappa shape index (κ1) is 23.3. The third kappa shape index (κ3) is 4.21. The molecule has 1 aliphatic heterocycles. The molecule has 0 saturated heterocycles. The van der Waals surface area contributed by atoms with Gasteiger partial charge in [-0.25, -0.2) is 9.67 Å². The van der Waals surface area contributed by atoms with E-state index < -0.39 is 18.4 Å². The number of nitrogens with zero attached hydrogens (tertiary/aromatic N) is 4.